The van der Waals surface area contributed by atoms with Gasteiger partial charge in [-0.3, -0.25) is 5.10 Å². The van der Waals surface area contributed by atoms with Crippen molar-refractivity contribution in [3.63, 3.8) is 0 Å². The van der Waals surface area contributed by atoms with Crippen LogP contribution in [-0.2, 0) is 0 Å². The summed E-state index contributed by atoms with van der Waals surface area (Å²) in [6, 6.07) is 0. The highest BCUT2D eigenvalue weighted by molar-refractivity contribution is 5.29. The van der Waals surface area contributed by atoms with Crippen molar-refractivity contribution in [2.45, 2.75) is 32.6 Å². The van der Waals surface area contributed by atoms with Gasteiger partial charge in [-0.2, -0.15) is 4.98 Å². The molecule has 1 aromatic heterocycles. The Balaban J connectivity index is 2.05. The number of aromatic nitrogens is 3. The summed E-state index contributed by atoms with van der Waals surface area (Å²) in [7, 11) is 0. The van der Waals surface area contributed by atoms with Crippen molar-refractivity contribution in [3.05, 3.63) is 5.82 Å². The van der Waals surface area contributed by atoms with E-state index in [1.807, 2.05) is 0 Å². The molecule has 2 rings (SSSR count). The molecule has 2 heterocycles. The van der Waals surface area contributed by atoms with Crippen LogP contribution < -0.4 is 10.6 Å². The van der Waals surface area contributed by atoms with Crippen molar-refractivity contribution in [2.75, 3.05) is 24.5 Å². The van der Waals surface area contributed by atoms with Crippen molar-refractivity contribution in [1.82, 2.24) is 15.2 Å². The maximum atomic E-state index is 5.72. The van der Waals surface area contributed by atoms with E-state index < -0.39 is 0 Å². The van der Waals surface area contributed by atoms with Crippen molar-refractivity contribution in [2.24, 2.45) is 11.7 Å². The Morgan fingerprint density at radius 3 is 3.00 bits per heavy atom. The Hall–Kier alpha value is -1.10. The largest absolute Gasteiger partial charge is 0.339 e. The Morgan fingerprint density at radius 1 is 1.56 bits per heavy atom. The molecule has 1 aromatic rings. The molecule has 0 bridgehead atoms. The summed E-state index contributed by atoms with van der Waals surface area (Å²) in [5.41, 5.74) is 5.72. The zero-order chi connectivity index (χ0) is 11.5. The average Bonchev–Trinajstić information content (AvgIpc) is 2.78. The summed E-state index contributed by atoms with van der Waals surface area (Å²) in [4.78, 5) is 6.76. The lowest BCUT2D eigenvalue weighted by molar-refractivity contribution is 0.419. The summed E-state index contributed by atoms with van der Waals surface area (Å²) in [6.07, 6.45) is 2.42. The monoisotopic (exact) mass is 223 g/mol. The summed E-state index contributed by atoms with van der Waals surface area (Å²) >= 11 is 0. The fourth-order valence-corrected chi connectivity index (χ4v) is 2.10. The van der Waals surface area contributed by atoms with Gasteiger partial charge in [0, 0.05) is 19.0 Å². The van der Waals surface area contributed by atoms with Gasteiger partial charge in [-0.05, 0) is 25.3 Å². The minimum atomic E-state index is 0.399. The van der Waals surface area contributed by atoms with E-state index >= 15 is 0 Å². The molecule has 1 aliphatic rings. The molecule has 0 saturated carbocycles. The number of piperidine rings is 1. The molecule has 0 spiro atoms. The first-order chi connectivity index (χ1) is 7.70. The van der Waals surface area contributed by atoms with Gasteiger partial charge < -0.3 is 10.6 Å². The quantitative estimate of drug-likeness (QED) is 0.805. The van der Waals surface area contributed by atoms with Gasteiger partial charge in [0.05, 0.1) is 0 Å². The first-order valence-corrected chi connectivity index (χ1v) is 6.08. The third kappa shape index (κ3) is 2.35. The molecule has 3 N–H and O–H groups in total. The highest BCUT2D eigenvalue weighted by Crippen LogP contribution is 2.20. The van der Waals surface area contributed by atoms with E-state index in [1.165, 1.54) is 12.8 Å². The third-order valence-electron chi connectivity index (χ3n) is 3.17. The standard InChI is InChI=1S/C11H21N5/c1-8(2)10-13-11(15-14-10)16-5-3-4-9(6-12)7-16/h8-9H,3-7,12H2,1-2H3,(H,13,14,15). The molecule has 0 amide bonds. The molecule has 0 radical (unpaired) electrons. The van der Waals surface area contributed by atoms with E-state index in [4.69, 9.17) is 5.73 Å². The van der Waals surface area contributed by atoms with Crippen LogP contribution in [0.1, 0.15) is 38.4 Å². The van der Waals surface area contributed by atoms with Gasteiger partial charge in [-0.1, -0.05) is 13.8 Å². The van der Waals surface area contributed by atoms with Gasteiger partial charge >= 0.3 is 0 Å². The van der Waals surface area contributed by atoms with Gasteiger partial charge in [-0.15, -0.1) is 5.10 Å². The molecular weight excluding hydrogens is 202 g/mol. The Bertz CT molecular complexity index is 333. The molecule has 1 atom stereocenters. The lowest BCUT2D eigenvalue weighted by atomic mass is 9.99. The van der Waals surface area contributed by atoms with Gasteiger partial charge in [0.1, 0.15) is 5.82 Å². The van der Waals surface area contributed by atoms with Crippen molar-refractivity contribution in [1.29, 1.82) is 0 Å². The highest BCUT2D eigenvalue weighted by Gasteiger charge is 2.21. The predicted molar refractivity (Wildman–Crippen MR) is 64.5 cm³/mol. The molecule has 90 valence electrons. The minimum absolute atomic E-state index is 0.399. The van der Waals surface area contributed by atoms with Crippen LogP contribution in [0.4, 0.5) is 5.95 Å². The number of hydrogen-bond donors (Lipinski definition) is 2. The van der Waals surface area contributed by atoms with Crippen LogP contribution in [-0.4, -0.2) is 34.8 Å². The molecule has 16 heavy (non-hydrogen) atoms. The normalized spacial score (nSPS) is 21.8. The van der Waals surface area contributed by atoms with Gasteiger partial charge in [0.2, 0.25) is 5.95 Å². The lowest BCUT2D eigenvalue weighted by Crippen LogP contribution is -2.39. The number of nitrogens with two attached hydrogens (primary N) is 1. The van der Waals surface area contributed by atoms with Gasteiger partial charge in [-0.25, -0.2) is 0 Å². The highest BCUT2D eigenvalue weighted by atomic mass is 15.4. The first-order valence-electron chi connectivity index (χ1n) is 6.08. The molecule has 0 aliphatic carbocycles. The maximum Gasteiger partial charge on any atom is 0.244 e. The zero-order valence-electron chi connectivity index (χ0n) is 10.1. The third-order valence-corrected chi connectivity index (χ3v) is 3.17. The Kier molecular flexibility index (Phi) is 3.43. The van der Waals surface area contributed by atoms with Gasteiger partial charge in [0.25, 0.3) is 0 Å². The maximum absolute atomic E-state index is 5.72. The van der Waals surface area contributed by atoms with E-state index in [9.17, 15) is 0 Å². The van der Waals surface area contributed by atoms with Crippen molar-refractivity contribution < 1.29 is 0 Å². The minimum Gasteiger partial charge on any atom is -0.339 e. The number of nitrogens with one attached hydrogen (secondary N) is 1. The van der Waals surface area contributed by atoms with Crippen LogP contribution in [0, 0.1) is 5.92 Å². The molecule has 5 heteroatoms. The van der Waals surface area contributed by atoms with Crippen LogP contribution in [0.15, 0.2) is 0 Å². The van der Waals surface area contributed by atoms with Crippen LogP contribution in [0.5, 0.6) is 0 Å². The lowest BCUT2D eigenvalue weighted by Gasteiger charge is -2.31. The Morgan fingerprint density at radius 2 is 2.38 bits per heavy atom. The number of H-pyrrole nitrogens is 1. The van der Waals surface area contributed by atoms with Crippen LogP contribution in [0.3, 0.4) is 0 Å². The Labute approximate surface area is 96.4 Å². The van der Waals surface area contributed by atoms with Crippen molar-refractivity contribution in [3.8, 4) is 0 Å². The smallest absolute Gasteiger partial charge is 0.244 e. The second-order valence-corrected chi connectivity index (χ2v) is 4.87. The van der Waals surface area contributed by atoms with E-state index in [0.29, 0.717) is 11.8 Å². The molecule has 1 aliphatic heterocycles. The van der Waals surface area contributed by atoms with Crippen LogP contribution in [0.25, 0.3) is 0 Å². The molecule has 5 nitrogen and oxygen atoms in total. The van der Waals surface area contributed by atoms with Crippen molar-refractivity contribution >= 4 is 5.95 Å². The zero-order valence-corrected chi connectivity index (χ0v) is 10.1. The molecular formula is C11H21N5. The fourth-order valence-electron chi connectivity index (χ4n) is 2.10. The number of nitrogens with zero attached hydrogens (tertiary/aromatic N) is 3. The summed E-state index contributed by atoms with van der Waals surface area (Å²) < 4.78 is 0. The topological polar surface area (TPSA) is 70.8 Å². The average molecular weight is 223 g/mol. The van der Waals surface area contributed by atoms with E-state index in [0.717, 1.165) is 31.4 Å². The molecule has 1 saturated heterocycles. The van der Waals surface area contributed by atoms with E-state index in [1.54, 1.807) is 0 Å². The number of hydrogen-bond acceptors (Lipinski definition) is 4. The fraction of sp³-hybridized carbons (Fsp3) is 0.818. The predicted octanol–water partition coefficient (Wildman–Crippen LogP) is 1.10. The SMILES string of the molecule is CC(C)c1nc(N2CCCC(CN)C2)n[nH]1. The second-order valence-electron chi connectivity index (χ2n) is 4.87. The van der Waals surface area contributed by atoms with Crippen LogP contribution in [0.2, 0.25) is 0 Å². The summed E-state index contributed by atoms with van der Waals surface area (Å²) in [5.74, 6) is 2.79. The summed E-state index contributed by atoms with van der Waals surface area (Å²) in [6.45, 7) is 7.03. The van der Waals surface area contributed by atoms with E-state index in [-0.39, 0.29) is 0 Å². The van der Waals surface area contributed by atoms with E-state index in [2.05, 4.69) is 33.9 Å². The molecule has 0 aromatic carbocycles. The van der Waals surface area contributed by atoms with Gasteiger partial charge in [0.15, 0.2) is 0 Å². The van der Waals surface area contributed by atoms with Crippen LogP contribution >= 0.6 is 0 Å². The second kappa shape index (κ2) is 4.82. The molecule has 1 unspecified atom stereocenters. The summed E-state index contributed by atoms with van der Waals surface area (Å²) in [5, 5.41) is 7.28. The first kappa shape index (κ1) is 11.4. The number of aromatic amines is 1. The number of anilines is 1. The number of rotatable bonds is 3. The molecule has 1 fully saturated rings.